The van der Waals surface area contributed by atoms with Gasteiger partial charge >= 0.3 is 11.9 Å². The van der Waals surface area contributed by atoms with Crippen LogP contribution < -0.4 is 14.8 Å². The van der Waals surface area contributed by atoms with Gasteiger partial charge in [-0.2, -0.15) is 0 Å². The molecule has 0 saturated heterocycles. The summed E-state index contributed by atoms with van der Waals surface area (Å²) in [5.74, 6) is -0.821. The van der Waals surface area contributed by atoms with Crippen molar-refractivity contribution in [2.45, 2.75) is 19.4 Å². The number of nitrogens with one attached hydrogen (secondary N) is 1. The van der Waals surface area contributed by atoms with E-state index in [-0.39, 0.29) is 16.8 Å². The molecule has 8 heteroatoms. The second-order valence-corrected chi connectivity index (χ2v) is 5.94. The maximum absolute atomic E-state index is 12.7. The SMILES string of the molecule is CC[C@H](Oc1ccccc1OC)C(=O)Nc1cc(C(=O)OC)cc(C(=O)OC)c1. The predicted octanol–water partition coefficient (Wildman–Crippen LogP) is 3.06. The van der Waals surface area contributed by atoms with E-state index in [2.05, 4.69) is 5.32 Å². The average Bonchev–Trinajstić information content (AvgIpc) is 2.75. The summed E-state index contributed by atoms with van der Waals surface area (Å²) in [4.78, 5) is 36.5. The number of benzene rings is 2. The van der Waals surface area contributed by atoms with Gasteiger partial charge in [-0.15, -0.1) is 0 Å². The van der Waals surface area contributed by atoms with Crippen LogP contribution in [-0.4, -0.2) is 45.3 Å². The Morgan fingerprint density at radius 3 is 1.93 bits per heavy atom. The van der Waals surface area contributed by atoms with Crippen LogP contribution in [-0.2, 0) is 14.3 Å². The van der Waals surface area contributed by atoms with Gasteiger partial charge in [-0.25, -0.2) is 9.59 Å². The van der Waals surface area contributed by atoms with Gasteiger partial charge in [0.05, 0.1) is 32.5 Å². The van der Waals surface area contributed by atoms with Gasteiger partial charge < -0.3 is 24.3 Å². The molecule has 2 rings (SSSR count). The lowest BCUT2D eigenvalue weighted by Gasteiger charge is -2.19. The fourth-order valence-corrected chi connectivity index (χ4v) is 2.59. The van der Waals surface area contributed by atoms with E-state index in [9.17, 15) is 14.4 Å². The van der Waals surface area contributed by atoms with Crippen molar-refractivity contribution in [3.05, 3.63) is 53.6 Å². The van der Waals surface area contributed by atoms with Gasteiger partial charge in [0.15, 0.2) is 17.6 Å². The third kappa shape index (κ3) is 5.47. The van der Waals surface area contributed by atoms with Crippen LogP contribution >= 0.6 is 0 Å². The first-order chi connectivity index (χ1) is 13.9. The summed E-state index contributed by atoms with van der Waals surface area (Å²) in [5.41, 5.74) is 0.439. The van der Waals surface area contributed by atoms with E-state index in [1.807, 2.05) is 0 Å². The third-order valence-corrected chi connectivity index (χ3v) is 4.04. The lowest BCUT2D eigenvalue weighted by atomic mass is 10.1. The molecule has 1 N–H and O–H groups in total. The highest BCUT2D eigenvalue weighted by Gasteiger charge is 2.22. The first-order valence-electron chi connectivity index (χ1n) is 8.85. The molecule has 2 aromatic rings. The number of ether oxygens (including phenoxy) is 4. The van der Waals surface area contributed by atoms with Crippen LogP contribution in [0.5, 0.6) is 11.5 Å². The Kier molecular flexibility index (Phi) is 7.59. The maximum Gasteiger partial charge on any atom is 0.337 e. The summed E-state index contributed by atoms with van der Waals surface area (Å²) in [6.07, 6.45) is -0.445. The van der Waals surface area contributed by atoms with Gasteiger partial charge in [0.25, 0.3) is 5.91 Å². The number of hydrogen-bond acceptors (Lipinski definition) is 7. The molecule has 154 valence electrons. The summed E-state index contributed by atoms with van der Waals surface area (Å²) < 4.78 is 20.4. The Bertz CT molecular complexity index is 860. The number of anilines is 1. The summed E-state index contributed by atoms with van der Waals surface area (Å²) >= 11 is 0. The summed E-state index contributed by atoms with van der Waals surface area (Å²) in [7, 11) is 3.95. The minimum absolute atomic E-state index is 0.101. The molecule has 0 saturated carbocycles. The third-order valence-electron chi connectivity index (χ3n) is 4.04. The fourth-order valence-electron chi connectivity index (χ4n) is 2.59. The maximum atomic E-state index is 12.7. The van der Waals surface area contributed by atoms with Crippen molar-refractivity contribution >= 4 is 23.5 Å². The van der Waals surface area contributed by atoms with Crippen LogP contribution in [0.1, 0.15) is 34.1 Å². The highest BCUT2D eigenvalue weighted by Crippen LogP contribution is 2.27. The Morgan fingerprint density at radius 2 is 1.45 bits per heavy atom. The minimum Gasteiger partial charge on any atom is -0.493 e. The zero-order valence-electron chi connectivity index (χ0n) is 16.7. The van der Waals surface area contributed by atoms with Gasteiger partial charge in [-0.05, 0) is 36.8 Å². The highest BCUT2D eigenvalue weighted by atomic mass is 16.5. The van der Waals surface area contributed by atoms with Crippen molar-refractivity contribution in [1.82, 2.24) is 0 Å². The molecule has 0 spiro atoms. The molecule has 0 heterocycles. The first-order valence-corrected chi connectivity index (χ1v) is 8.85. The zero-order valence-corrected chi connectivity index (χ0v) is 16.7. The summed E-state index contributed by atoms with van der Waals surface area (Å²) in [6.45, 7) is 1.80. The number of carbonyl (C=O) groups is 3. The van der Waals surface area contributed by atoms with Crippen molar-refractivity contribution in [2.24, 2.45) is 0 Å². The van der Waals surface area contributed by atoms with Crippen molar-refractivity contribution in [3.63, 3.8) is 0 Å². The second-order valence-electron chi connectivity index (χ2n) is 5.94. The lowest BCUT2D eigenvalue weighted by molar-refractivity contribution is -0.122. The van der Waals surface area contributed by atoms with E-state index >= 15 is 0 Å². The van der Waals surface area contributed by atoms with Crippen LogP contribution in [0.3, 0.4) is 0 Å². The van der Waals surface area contributed by atoms with Crippen LogP contribution in [0, 0.1) is 0 Å². The van der Waals surface area contributed by atoms with Crippen molar-refractivity contribution in [1.29, 1.82) is 0 Å². The van der Waals surface area contributed by atoms with E-state index in [4.69, 9.17) is 18.9 Å². The summed E-state index contributed by atoms with van der Waals surface area (Å²) in [6, 6.07) is 11.1. The quantitative estimate of drug-likeness (QED) is 0.679. The predicted molar refractivity (Wildman–Crippen MR) is 105 cm³/mol. The Balaban J connectivity index is 2.27. The van der Waals surface area contributed by atoms with Gasteiger partial charge in [0, 0.05) is 5.69 Å². The van der Waals surface area contributed by atoms with Gasteiger partial charge in [-0.1, -0.05) is 19.1 Å². The molecule has 0 fully saturated rings. The van der Waals surface area contributed by atoms with E-state index in [1.165, 1.54) is 39.5 Å². The lowest BCUT2D eigenvalue weighted by Crippen LogP contribution is -2.32. The molecule has 0 radical (unpaired) electrons. The van der Waals surface area contributed by atoms with Crippen molar-refractivity contribution in [3.8, 4) is 11.5 Å². The van der Waals surface area contributed by atoms with Gasteiger partial charge in [0.1, 0.15) is 0 Å². The van der Waals surface area contributed by atoms with E-state index in [1.54, 1.807) is 31.2 Å². The molecule has 1 amide bonds. The monoisotopic (exact) mass is 401 g/mol. The van der Waals surface area contributed by atoms with Crippen LogP contribution in [0.15, 0.2) is 42.5 Å². The molecular weight excluding hydrogens is 378 g/mol. The zero-order chi connectivity index (χ0) is 21.4. The molecule has 0 bridgehead atoms. The molecule has 0 aromatic heterocycles. The topological polar surface area (TPSA) is 100 Å². The van der Waals surface area contributed by atoms with Crippen LogP contribution in [0.2, 0.25) is 0 Å². The highest BCUT2D eigenvalue weighted by molar-refractivity contribution is 6.00. The molecule has 29 heavy (non-hydrogen) atoms. The van der Waals surface area contributed by atoms with Crippen LogP contribution in [0.4, 0.5) is 5.69 Å². The largest absolute Gasteiger partial charge is 0.493 e. The van der Waals surface area contributed by atoms with Crippen LogP contribution in [0.25, 0.3) is 0 Å². The van der Waals surface area contributed by atoms with E-state index in [0.717, 1.165) is 0 Å². The number of para-hydroxylation sites is 2. The Morgan fingerprint density at radius 1 is 0.897 bits per heavy atom. The molecule has 0 aliphatic heterocycles. The number of esters is 2. The molecule has 1 atom stereocenters. The number of hydrogen-bond donors (Lipinski definition) is 1. The average molecular weight is 401 g/mol. The number of amides is 1. The minimum atomic E-state index is -0.824. The molecular formula is C21H23NO7. The number of carbonyl (C=O) groups excluding carboxylic acids is 3. The summed E-state index contributed by atoms with van der Waals surface area (Å²) in [5, 5.41) is 2.67. The Labute approximate surface area is 168 Å². The normalized spacial score (nSPS) is 11.2. The van der Waals surface area contributed by atoms with E-state index < -0.39 is 23.9 Å². The standard InChI is InChI=1S/C21H23NO7/c1-5-16(29-18-9-7-6-8-17(18)26-2)19(23)22-15-11-13(20(24)27-3)10-14(12-15)21(25)28-4/h6-12,16H,5H2,1-4H3,(H,22,23)/t16-/m0/s1. The Hall–Kier alpha value is -3.55. The molecule has 0 unspecified atom stereocenters. The van der Waals surface area contributed by atoms with Crippen molar-refractivity contribution < 1.29 is 33.3 Å². The first kappa shape index (κ1) is 21.7. The van der Waals surface area contributed by atoms with Gasteiger partial charge in [0.2, 0.25) is 0 Å². The number of rotatable bonds is 8. The molecule has 0 aliphatic carbocycles. The number of methoxy groups -OCH3 is 3. The molecule has 2 aromatic carbocycles. The van der Waals surface area contributed by atoms with Gasteiger partial charge in [-0.3, -0.25) is 4.79 Å². The molecule has 0 aliphatic rings. The van der Waals surface area contributed by atoms with Crippen molar-refractivity contribution in [2.75, 3.05) is 26.6 Å². The second kappa shape index (κ2) is 10.1. The molecule has 8 nitrogen and oxygen atoms in total. The smallest absolute Gasteiger partial charge is 0.337 e. The van der Waals surface area contributed by atoms with E-state index in [0.29, 0.717) is 17.9 Å². The fraction of sp³-hybridized carbons (Fsp3) is 0.286.